The minimum Gasteiger partial charge on any atom is -0.486 e. The van der Waals surface area contributed by atoms with Gasteiger partial charge in [0.1, 0.15) is 19.1 Å². The fraction of sp³-hybridized carbons (Fsp3) is 0.579. The van der Waals surface area contributed by atoms with Gasteiger partial charge in [-0.25, -0.2) is 0 Å². The van der Waals surface area contributed by atoms with Crippen LogP contribution in [0.2, 0.25) is 0 Å². The number of halogens is 1. The number of fused-ring (bicyclic) bond motifs is 1. The Morgan fingerprint density at radius 1 is 1.11 bits per heavy atom. The average Bonchev–Trinajstić information content (AvgIpc) is 3.08. The molecule has 0 radical (unpaired) electrons. The number of benzene rings is 1. The summed E-state index contributed by atoms with van der Waals surface area (Å²) in [6.45, 7) is 2.73. The van der Waals surface area contributed by atoms with Crippen LogP contribution >= 0.6 is 12.4 Å². The van der Waals surface area contributed by atoms with Crippen molar-refractivity contribution in [1.29, 1.82) is 0 Å². The molecule has 148 valence electrons. The van der Waals surface area contributed by atoms with E-state index < -0.39 is 5.92 Å². The molecule has 2 fully saturated rings. The fourth-order valence-electron chi connectivity index (χ4n) is 4.10. The fourth-order valence-corrected chi connectivity index (χ4v) is 4.10. The molecule has 4 rings (SSSR count). The summed E-state index contributed by atoms with van der Waals surface area (Å²) in [4.78, 5) is 29.4. The van der Waals surface area contributed by atoms with Crippen molar-refractivity contribution in [1.82, 2.24) is 4.90 Å². The van der Waals surface area contributed by atoms with Crippen LogP contribution in [0.1, 0.15) is 25.7 Å². The molecule has 3 aliphatic rings. The third kappa shape index (κ3) is 3.71. The third-order valence-corrected chi connectivity index (χ3v) is 5.52. The molecule has 0 saturated carbocycles. The summed E-state index contributed by atoms with van der Waals surface area (Å²) >= 11 is 0. The van der Waals surface area contributed by atoms with Crippen LogP contribution in [0.15, 0.2) is 18.2 Å². The van der Waals surface area contributed by atoms with Gasteiger partial charge in [0.25, 0.3) is 0 Å². The van der Waals surface area contributed by atoms with Crippen molar-refractivity contribution in [2.45, 2.75) is 31.7 Å². The molecule has 2 unspecified atom stereocenters. The molecule has 7 nitrogen and oxygen atoms in total. The summed E-state index contributed by atoms with van der Waals surface area (Å²) in [6.07, 6.45) is 3.54. The number of amides is 2. The highest BCUT2D eigenvalue weighted by atomic mass is 35.5. The predicted octanol–water partition coefficient (Wildman–Crippen LogP) is 1.57. The van der Waals surface area contributed by atoms with Gasteiger partial charge >= 0.3 is 0 Å². The Morgan fingerprint density at radius 2 is 1.89 bits per heavy atom. The number of hydrogen-bond acceptors (Lipinski definition) is 5. The zero-order valence-corrected chi connectivity index (χ0v) is 16.1. The average molecular weight is 396 g/mol. The lowest BCUT2D eigenvalue weighted by atomic mass is 9.98. The Labute approximate surface area is 165 Å². The highest BCUT2D eigenvalue weighted by Crippen LogP contribution is 2.36. The molecule has 0 aliphatic carbocycles. The summed E-state index contributed by atoms with van der Waals surface area (Å²) in [7, 11) is 0. The third-order valence-electron chi connectivity index (χ3n) is 5.52. The van der Waals surface area contributed by atoms with E-state index in [4.69, 9.17) is 15.2 Å². The van der Waals surface area contributed by atoms with E-state index in [1.54, 1.807) is 4.90 Å². The normalized spacial score (nSPS) is 24.6. The number of piperidine rings is 1. The molecular formula is C19H26ClN3O4. The number of hydrogen-bond donors (Lipinski definition) is 1. The van der Waals surface area contributed by atoms with Gasteiger partial charge in [0, 0.05) is 37.4 Å². The van der Waals surface area contributed by atoms with E-state index in [0.29, 0.717) is 50.8 Å². The molecule has 2 atom stereocenters. The SMILES string of the molecule is Cl.NCC1CCCCN1C(=O)C1CCN(c2ccc3c(c2)OCCO3)C1=O. The maximum Gasteiger partial charge on any atom is 0.239 e. The van der Waals surface area contributed by atoms with Crippen molar-refractivity contribution in [2.75, 3.05) is 37.7 Å². The first-order valence-corrected chi connectivity index (χ1v) is 9.40. The van der Waals surface area contributed by atoms with Gasteiger partial charge in [-0.3, -0.25) is 9.59 Å². The highest BCUT2D eigenvalue weighted by molar-refractivity contribution is 6.09. The molecule has 2 amide bonds. The van der Waals surface area contributed by atoms with Gasteiger partial charge in [0.15, 0.2) is 11.5 Å². The number of ether oxygens (including phenoxy) is 2. The zero-order chi connectivity index (χ0) is 18.1. The molecule has 0 spiro atoms. The molecule has 1 aromatic carbocycles. The number of anilines is 1. The Kier molecular flexibility index (Phi) is 6.11. The Bertz CT molecular complexity index is 714. The van der Waals surface area contributed by atoms with Crippen LogP contribution in [0.4, 0.5) is 5.69 Å². The van der Waals surface area contributed by atoms with Crippen molar-refractivity contribution in [2.24, 2.45) is 11.7 Å². The van der Waals surface area contributed by atoms with Crippen LogP contribution in [-0.4, -0.2) is 55.6 Å². The molecule has 2 saturated heterocycles. The second kappa shape index (κ2) is 8.35. The van der Waals surface area contributed by atoms with E-state index in [1.807, 2.05) is 23.1 Å². The summed E-state index contributed by atoms with van der Waals surface area (Å²) in [6, 6.07) is 5.55. The zero-order valence-electron chi connectivity index (χ0n) is 15.3. The van der Waals surface area contributed by atoms with Crippen molar-refractivity contribution in [3.63, 3.8) is 0 Å². The van der Waals surface area contributed by atoms with E-state index in [2.05, 4.69) is 0 Å². The van der Waals surface area contributed by atoms with Gasteiger partial charge in [-0.15, -0.1) is 12.4 Å². The predicted molar refractivity (Wildman–Crippen MR) is 104 cm³/mol. The summed E-state index contributed by atoms with van der Waals surface area (Å²) in [5.74, 6) is 0.544. The van der Waals surface area contributed by atoms with Crippen LogP contribution < -0.4 is 20.1 Å². The van der Waals surface area contributed by atoms with Crippen LogP contribution in [0.5, 0.6) is 11.5 Å². The van der Waals surface area contributed by atoms with Crippen molar-refractivity contribution < 1.29 is 19.1 Å². The molecule has 27 heavy (non-hydrogen) atoms. The van der Waals surface area contributed by atoms with Crippen LogP contribution in [0, 0.1) is 5.92 Å². The van der Waals surface area contributed by atoms with Gasteiger partial charge in [-0.1, -0.05) is 0 Å². The van der Waals surface area contributed by atoms with Crippen molar-refractivity contribution in [3.8, 4) is 11.5 Å². The maximum absolute atomic E-state index is 13.0. The minimum absolute atomic E-state index is 0. The van der Waals surface area contributed by atoms with Crippen LogP contribution in [0.25, 0.3) is 0 Å². The number of rotatable bonds is 3. The highest BCUT2D eigenvalue weighted by Gasteiger charge is 2.41. The summed E-state index contributed by atoms with van der Waals surface area (Å²) in [5.41, 5.74) is 6.59. The lowest BCUT2D eigenvalue weighted by Gasteiger charge is -2.36. The number of likely N-dealkylation sites (tertiary alicyclic amines) is 1. The van der Waals surface area contributed by atoms with Crippen LogP contribution in [-0.2, 0) is 9.59 Å². The number of nitrogens with two attached hydrogens (primary N) is 1. The molecule has 2 N–H and O–H groups in total. The molecule has 0 aromatic heterocycles. The minimum atomic E-state index is -0.602. The number of carbonyl (C=O) groups is 2. The molecule has 0 bridgehead atoms. The molecule has 1 aromatic rings. The smallest absolute Gasteiger partial charge is 0.239 e. The number of nitrogens with zero attached hydrogens (tertiary/aromatic N) is 2. The van der Waals surface area contributed by atoms with Gasteiger partial charge in [-0.2, -0.15) is 0 Å². The summed E-state index contributed by atoms with van der Waals surface area (Å²) < 4.78 is 11.1. The first-order chi connectivity index (χ1) is 12.7. The van der Waals surface area contributed by atoms with E-state index in [1.165, 1.54) is 0 Å². The second-order valence-electron chi connectivity index (χ2n) is 7.08. The Morgan fingerprint density at radius 3 is 2.67 bits per heavy atom. The first kappa shape index (κ1) is 19.8. The molecule has 3 aliphatic heterocycles. The Hall–Kier alpha value is -1.99. The Balaban J connectivity index is 0.00000210. The van der Waals surface area contributed by atoms with Crippen molar-refractivity contribution in [3.05, 3.63) is 18.2 Å². The van der Waals surface area contributed by atoms with Crippen molar-refractivity contribution >= 4 is 29.9 Å². The largest absolute Gasteiger partial charge is 0.486 e. The topological polar surface area (TPSA) is 85.1 Å². The molecular weight excluding hydrogens is 370 g/mol. The molecule has 3 heterocycles. The van der Waals surface area contributed by atoms with E-state index >= 15 is 0 Å². The summed E-state index contributed by atoms with van der Waals surface area (Å²) in [5, 5.41) is 0. The van der Waals surface area contributed by atoms with Gasteiger partial charge in [-0.05, 0) is 37.8 Å². The van der Waals surface area contributed by atoms with Gasteiger partial charge in [0.2, 0.25) is 11.8 Å². The molecule has 8 heteroatoms. The maximum atomic E-state index is 13.0. The van der Waals surface area contributed by atoms with E-state index in [9.17, 15) is 9.59 Å². The lowest BCUT2D eigenvalue weighted by molar-refractivity contribution is -0.142. The quantitative estimate of drug-likeness (QED) is 0.785. The van der Waals surface area contributed by atoms with Gasteiger partial charge < -0.3 is 25.0 Å². The monoisotopic (exact) mass is 395 g/mol. The van der Waals surface area contributed by atoms with Crippen LogP contribution in [0.3, 0.4) is 0 Å². The second-order valence-corrected chi connectivity index (χ2v) is 7.08. The van der Waals surface area contributed by atoms with E-state index in [0.717, 1.165) is 24.9 Å². The first-order valence-electron chi connectivity index (χ1n) is 9.40. The van der Waals surface area contributed by atoms with E-state index in [-0.39, 0.29) is 30.3 Å². The number of carbonyl (C=O) groups excluding carboxylic acids is 2. The standard InChI is InChI=1S/C19H25N3O4.ClH/c20-12-14-3-1-2-7-21(14)18(23)15-6-8-22(19(15)24)13-4-5-16-17(11-13)26-10-9-25-16;/h4-5,11,14-15H,1-3,6-10,12,20H2;1H. The lowest BCUT2D eigenvalue weighted by Crippen LogP contribution is -2.50. The van der Waals surface area contributed by atoms with Gasteiger partial charge in [0.05, 0.1) is 0 Å².